The lowest BCUT2D eigenvalue weighted by Crippen LogP contribution is -2.50. The minimum Gasteiger partial charge on any atom is -0.394 e. The van der Waals surface area contributed by atoms with Crippen molar-refractivity contribution in [3.63, 3.8) is 0 Å². The highest BCUT2D eigenvalue weighted by Gasteiger charge is 2.26. The number of nitrogens with zero attached hydrogens (tertiary/aromatic N) is 3. The third kappa shape index (κ3) is 2.24. The predicted octanol–water partition coefficient (Wildman–Crippen LogP) is 0.0626. The van der Waals surface area contributed by atoms with Crippen LogP contribution in [-0.2, 0) is 4.74 Å². The Morgan fingerprint density at radius 3 is 3.20 bits per heavy atom. The third-order valence-corrected chi connectivity index (χ3v) is 2.56. The number of aromatic nitrogens is 2. The molecule has 1 fully saturated rings. The number of anilines is 1. The zero-order valence-electron chi connectivity index (χ0n) is 8.71. The van der Waals surface area contributed by atoms with E-state index in [9.17, 15) is 0 Å². The average molecular weight is 209 g/mol. The van der Waals surface area contributed by atoms with Crippen molar-refractivity contribution in [3.8, 4) is 0 Å². The summed E-state index contributed by atoms with van der Waals surface area (Å²) in [6, 6.07) is 4.05. The van der Waals surface area contributed by atoms with Gasteiger partial charge in [0.2, 0.25) is 0 Å². The van der Waals surface area contributed by atoms with Crippen LogP contribution in [0.15, 0.2) is 18.3 Å². The summed E-state index contributed by atoms with van der Waals surface area (Å²) >= 11 is 0. The van der Waals surface area contributed by atoms with E-state index in [1.807, 2.05) is 12.1 Å². The molecule has 15 heavy (non-hydrogen) atoms. The van der Waals surface area contributed by atoms with Gasteiger partial charge in [-0.25, -0.2) is 0 Å². The van der Waals surface area contributed by atoms with E-state index < -0.39 is 0 Å². The lowest BCUT2D eigenvalue weighted by molar-refractivity contribution is -0.0106. The number of hydrogen-bond acceptors (Lipinski definition) is 5. The zero-order valence-corrected chi connectivity index (χ0v) is 8.71. The molecule has 2 unspecified atom stereocenters. The van der Waals surface area contributed by atoms with E-state index >= 15 is 0 Å². The van der Waals surface area contributed by atoms with Crippen LogP contribution in [0, 0.1) is 0 Å². The van der Waals surface area contributed by atoms with Gasteiger partial charge in [0.25, 0.3) is 0 Å². The molecule has 0 radical (unpaired) electrons. The largest absolute Gasteiger partial charge is 0.394 e. The zero-order chi connectivity index (χ0) is 10.7. The summed E-state index contributed by atoms with van der Waals surface area (Å²) in [6.45, 7) is 3.39. The Labute approximate surface area is 88.7 Å². The van der Waals surface area contributed by atoms with Gasteiger partial charge in [0.1, 0.15) is 0 Å². The first-order valence-electron chi connectivity index (χ1n) is 5.08. The number of aliphatic hydroxyl groups is 1. The number of ether oxygens (including phenoxy) is 1. The van der Waals surface area contributed by atoms with Crippen LogP contribution < -0.4 is 4.90 Å². The van der Waals surface area contributed by atoms with Crippen LogP contribution in [0.3, 0.4) is 0 Å². The Morgan fingerprint density at radius 1 is 1.67 bits per heavy atom. The van der Waals surface area contributed by atoms with Crippen LogP contribution in [-0.4, -0.2) is 47.2 Å². The quantitative estimate of drug-likeness (QED) is 0.746. The summed E-state index contributed by atoms with van der Waals surface area (Å²) in [5.74, 6) is 0.840. The molecule has 5 nitrogen and oxygen atoms in total. The molecule has 1 aromatic rings. The van der Waals surface area contributed by atoms with Crippen molar-refractivity contribution in [1.82, 2.24) is 10.2 Å². The highest BCUT2D eigenvalue weighted by atomic mass is 16.5. The van der Waals surface area contributed by atoms with Gasteiger partial charge in [-0.05, 0) is 19.1 Å². The molecule has 0 amide bonds. The second kappa shape index (κ2) is 4.55. The van der Waals surface area contributed by atoms with E-state index in [0.717, 1.165) is 5.82 Å². The number of rotatable bonds is 2. The van der Waals surface area contributed by atoms with E-state index in [0.29, 0.717) is 13.2 Å². The minimum absolute atomic E-state index is 0.0451. The fourth-order valence-electron chi connectivity index (χ4n) is 1.69. The van der Waals surface area contributed by atoms with Gasteiger partial charge in [-0.2, -0.15) is 5.10 Å². The molecule has 1 aliphatic rings. The first kappa shape index (κ1) is 10.3. The molecule has 0 bridgehead atoms. The van der Waals surface area contributed by atoms with Crippen molar-refractivity contribution in [1.29, 1.82) is 0 Å². The lowest BCUT2D eigenvalue weighted by atomic mass is 10.2. The van der Waals surface area contributed by atoms with Crippen molar-refractivity contribution < 1.29 is 9.84 Å². The van der Waals surface area contributed by atoms with Gasteiger partial charge >= 0.3 is 0 Å². The van der Waals surface area contributed by atoms with Gasteiger partial charge in [-0.1, -0.05) is 0 Å². The van der Waals surface area contributed by atoms with E-state index in [2.05, 4.69) is 22.0 Å². The maximum absolute atomic E-state index is 9.05. The molecule has 1 aliphatic heterocycles. The van der Waals surface area contributed by atoms with Gasteiger partial charge in [-0.3, -0.25) is 0 Å². The number of morpholine rings is 1. The van der Waals surface area contributed by atoms with Crippen LogP contribution in [0.1, 0.15) is 6.92 Å². The molecule has 82 valence electrons. The molecular weight excluding hydrogens is 194 g/mol. The molecule has 2 atom stereocenters. The van der Waals surface area contributed by atoms with Gasteiger partial charge in [-0.15, -0.1) is 5.10 Å². The smallest absolute Gasteiger partial charge is 0.151 e. The predicted molar refractivity (Wildman–Crippen MR) is 55.7 cm³/mol. The molecule has 1 N–H and O–H groups in total. The standard InChI is InChI=1S/C10H15N3O2/c1-8-7-15-9(6-14)5-13(8)10-3-2-4-11-12-10/h2-4,8-9,14H,5-7H2,1H3. The monoisotopic (exact) mass is 209 g/mol. The summed E-state index contributed by atoms with van der Waals surface area (Å²) in [5.41, 5.74) is 0. The Kier molecular flexibility index (Phi) is 3.13. The third-order valence-electron chi connectivity index (χ3n) is 2.56. The van der Waals surface area contributed by atoms with Crippen molar-refractivity contribution in [2.75, 3.05) is 24.7 Å². The SMILES string of the molecule is CC1COC(CO)CN1c1cccnn1. The molecule has 0 aliphatic carbocycles. The maximum atomic E-state index is 9.05. The number of hydrogen-bond donors (Lipinski definition) is 1. The molecule has 1 aromatic heterocycles. The molecule has 5 heteroatoms. The van der Waals surface area contributed by atoms with E-state index in [4.69, 9.17) is 9.84 Å². The molecule has 2 heterocycles. The summed E-state index contributed by atoms with van der Waals surface area (Å²) in [6.07, 6.45) is 1.53. The van der Waals surface area contributed by atoms with Crippen LogP contribution in [0.4, 0.5) is 5.82 Å². The fraction of sp³-hybridized carbons (Fsp3) is 0.600. The Balaban J connectivity index is 2.13. The van der Waals surface area contributed by atoms with E-state index in [-0.39, 0.29) is 18.8 Å². The first-order valence-corrected chi connectivity index (χ1v) is 5.08. The molecule has 1 saturated heterocycles. The Hall–Kier alpha value is -1.20. The molecule has 2 rings (SSSR count). The normalized spacial score (nSPS) is 26.7. The lowest BCUT2D eigenvalue weighted by Gasteiger charge is -2.37. The van der Waals surface area contributed by atoms with Crippen molar-refractivity contribution in [2.24, 2.45) is 0 Å². The Morgan fingerprint density at radius 2 is 2.53 bits per heavy atom. The van der Waals surface area contributed by atoms with Crippen molar-refractivity contribution in [2.45, 2.75) is 19.1 Å². The van der Waals surface area contributed by atoms with E-state index in [1.54, 1.807) is 6.20 Å². The van der Waals surface area contributed by atoms with E-state index in [1.165, 1.54) is 0 Å². The summed E-state index contributed by atoms with van der Waals surface area (Å²) in [7, 11) is 0. The highest BCUT2D eigenvalue weighted by Crippen LogP contribution is 2.18. The van der Waals surface area contributed by atoms with Crippen LogP contribution >= 0.6 is 0 Å². The molecule has 0 aromatic carbocycles. The molecular formula is C10H15N3O2. The average Bonchev–Trinajstić information content (AvgIpc) is 2.31. The number of aliphatic hydroxyl groups excluding tert-OH is 1. The maximum Gasteiger partial charge on any atom is 0.151 e. The summed E-state index contributed by atoms with van der Waals surface area (Å²) < 4.78 is 5.45. The molecule has 0 spiro atoms. The van der Waals surface area contributed by atoms with Crippen LogP contribution in [0.5, 0.6) is 0 Å². The van der Waals surface area contributed by atoms with Crippen molar-refractivity contribution in [3.05, 3.63) is 18.3 Å². The minimum atomic E-state index is -0.122. The first-order chi connectivity index (χ1) is 7.31. The highest BCUT2D eigenvalue weighted by molar-refractivity contribution is 5.38. The van der Waals surface area contributed by atoms with Crippen LogP contribution in [0.25, 0.3) is 0 Å². The van der Waals surface area contributed by atoms with Crippen molar-refractivity contribution >= 4 is 5.82 Å². The fourth-order valence-corrected chi connectivity index (χ4v) is 1.69. The summed E-state index contributed by atoms with van der Waals surface area (Å²) in [4.78, 5) is 2.11. The second-order valence-electron chi connectivity index (χ2n) is 3.72. The summed E-state index contributed by atoms with van der Waals surface area (Å²) in [5, 5.41) is 17.0. The van der Waals surface area contributed by atoms with Gasteiger partial charge in [0.15, 0.2) is 5.82 Å². The topological polar surface area (TPSA) is 58.5 Å². The Bertz CT molecular complexity index is 307. The van der Waals surface area contributed by atoms with Gasteiger partial charge < -0.3 is 14.7 Å². The van der Waals surface area contributed by atoms with Crippen LogP contribution in [0.2, 0.25) is 0 Å². The van der Waals surface area contributed by atoms with Gasteiger partial charge in [0, 0.05) is 12.7 Å². The second-order valence-corrected chi connectivity index (χ2v) is 3.72. The van der Waals surface area contributed by atoms with Gasteiger partial charge in [0.05, 0.1) is 25.4 Å². The molecule has 0 saturated carbocycles.